The smallest absolute Gasteiger partial charge is 0.195 e. The minimum Gasteiger partial charge on any atom is -0.394 e. The quantitative estimate of drug-likeness (QED) is 0.754. The van der Waals surface area contributed by atoms with Gasteiger partial charge < -0.3 is 10.4 Å². The first kappa shape index (κ1) is 14.3. The van der Waals surface area contributed by atoms with E-state index in [1.54, 1.807) is 11.8 Å². The summed E-state index contributed by atoms with van der Waals surface area (Å²) in [5.41, 5.74) is 0.643. The Morgan fingerprint density at radius 2 is 2.26 bits per heavy atom. The number of aromatic nitrogens is 3. The topological polar surface area (TPSA) is 62.5 Å². The number of nitrogens with one attached hydrogen (secondary N) is 1. The van der Waals surface area contributed by atoms with Crippen molar-refractivity contribution in [3.05, 3.63) is 24.4 Å². The molecule has 2 rings (SSSR count). The highest BCUT2D eigenvalue weighted by atomic mass is 32.2. The Labute approximate surface area is 117 Å². The van der Waals surface area contributed by atoms with Gasteiger partial charge in [0.25, 0.3) is 0 Å². The highest BCUT2D eigenvalue weighted by Gasteiger charge is 2.21. The van der Waals surface area contributed by atoms with E-state index in [-0.39, 0.29) is 12.1 Å². The Balaban J connectivity index is 1.95. The molecule has 0 aromatic carbocycles. The lowest BCUT2D eigenvalue weighted by Crippen LogP contribution is -2.46. The SMILES string of the molecule is CCNC(C)(CO)CCSc1nnc2ccccn12. The lowest BCUT2D eigenvalue weighted by atomic mass is 10.0. The van der Waals surface area contributed by atoms with E-state index in [2.05, 4.69) is 15.5 Å². The zero-order chi connectivity index (χ0) is 13.7. The summed E-state index contributed by atoms with van der Waals surface area (Å²) in [6.45, 7) is 5.09. The van der Waals surface area contributed by atoms with Crippen LogP contribution in [0.4, 0.5) is 0 Å². The minimum atomic E-state index is -0.220. The van der Waals surface area contributed by atoms with Gasteiger partial charge in [-0.05, 0) is 32.0 Å². The minimum absolute atomic E-state index is 0.141. The summed E-state index contributed by atoms with van der Waals surface area (Å²) < 4.78 is 1.98. The summed E-state index contributed by atoms with van der Waals surface area (Å²) in [5, 5.41) is 22.0. The van der Waals surface area contributed by atoms with Gasteiger partial charge in [0.05, 0.1) is 6.61 Å². The van der Waals surface area contributed by atoms with E-state index in [0.29, 0.717) is 0 Å². The monoisotopic (exact) mass is 280 g/mol. The van der Waals surface area contributed by atoms with Gasteiger partial charge in [0, 0.05) is 17.5 Å². The van der Waals surface area contributed by atoms with Crippen molar-refractivity contribution in [2.45, 2.75) is 31.0 Å². The van der Waals surface area contributed by atoms with Gasteiger partial charge in [-0.1, -0.05) is 24.8 Å². The van der Waals surface area contributed by atoms with Gasteiger partial charge in [0.2, 0.25) is 0 Å². The van der Waals surface area contributed by atoms with Crippen LogP contribution in [0.5, 0.6) is 0 Å². The van der Waals surface area contributed by atoms with E-state index in [1.807, 2.05) is 42.6 Å². The predicted molar refractivity (Wildman–Crippen MR) is 77.5 cm³/mol. The second kappa shape index (κ2) is 6.36. The van der Waals surface area contributed by atoms with Gasteiger partial charge in [-0.25, -0.2) is 0 Å². The molecule has 0 saturated carbocycles. The summed E-state index contributed by atoms with van der Waals surface area (Å²) >= 11 is 1.66. The zero-order valence-electron chi connectivity index (χ0n) is 11.3. The first-order valence-corrected chi connectivity index (χ1v) is 7.45. The fourth-order valence-corrected chi connectivity index (χ4v) is 3.06. The molecule has 0 fully saturated rings. The van der Waals surface area contributed by atoms with E-state index in [1.165, 1.54) is 0 Å². The Bertz CT molecular complexity index is 530. The highest BCUT2D eigenvalue weighted by Crippen LogP contribution is 2.20. The third kappa shape index (κ3) is 3.46. The van der Waals surface area contributed by atoms with Crippen LogP contribution in [0.25, 0.3) is 5.65 Å². The number of rotatable bonds is 7. The first-order chi connectivity index (χ1) is 9.18. The standard InChI is InChI=1S/C13H20N4OS/c1-3-14-13(2,10-18)7-9-19-12-16-15-11-6-4-5-8-17(11)12/h4-6,8,14,18H,3,7,9-10H2,1-2H3. The van der Waals surface area contributed by atoms with E-state index in [4.69, 9.17) is 0 Å². The van der Waals surface area contributed by atoms with Gasteiger partial charge >= 0.3 is 0 Å². The number of likely N-dealkylation sites (N-methyl/N-ethyl adjacent to an activating group) is 1. The molecule has 2 aromatic rings. The molecule has 0 bridgehead atoms. The summed E-state index contributed by atoms with van der Waals surface area (Å²) in [5.74, 6) is 0.889. The Kier molecular flexibility index (Phi) is 4.79. The highest BCUT2D eigenvalue weighted by molar-refractivity contribution is 7.99. The van der Waals surface area contributed by atoms with Crippen molar-refractivity contribution in [2.24, 2.45) is 0 Å². The number of hydrogen-bond acceptors (Lipinski definition) is 5. The third-order valence-electron chi connectivity index (χ3n) is 3.12. The molecule has 0 radical (unpaired) electrons. The maximum Gasteiger partial charge on any atom is 0.195 e. The Morgan fingerprint density at radius 3 is 3.00 bits per heavy atom. The molecule has 0 aliphatic carbocycles. The van der Waals surface area contributed by atoms with Crippen LogP contribution >= 0.6 is 11.8 Å². The number of hydrogen-bond donors (Lipinski definition) is 2. The molecule has 6 heteroatoms. The number of thioether (sulfide) groups is 1. The molecule has 104 valence electrons. The van der Waals surface area contributed by atoms with Crippen LogP contribution in [0.3, 0.4) is 0 Å². The number of fused-ring (bicyclic) bond motifs is 1. The van der Waals surface area contributed by atoms with Crippen LogP contribution < -0.4 is 5.32 Å². The van der Waals surface area contributed by atoms with Crippen LogP contribution in [0.1, 0.15) is 20.3 Å². The van der Waals surface area contributed by atoms with Crippen LogP contribution in [0.15, 0.2) is 29.6 Å². The maximum atomic E-state index is 9.44. The summed E-state index contributed by atoms with van der Waals surface area (Å²) in [4.78, 5) is 0. The van der Waals surface area contributed by atoms with E-state index < -0.39 is 0 Å². The van der Waals surface area contributed by atoms with Crippen LogP contribution in [0, 0.1) is 0 Å². The van der Waals surface area contributed by atoms with Gasteiger partial charge in [-0.3, -0.25) is 4.40 Å². The molecule has 2 aromatic heterocycles. The third-order valence-corrected chi connectivity index (χ3v) is 4.06. The van der Waals surface area contributed by atoms with Gasteiger partial charge in [0.15, 0.2) is 10.8 Å². The van der Waals surface area contributed by atoms with Crippen molar-refractivity contribution in [1.29, 1.82) is 0 Å². The second-order valence-electron chi connectivity index (χ2n) is 4.76. The van der Waals surface area contributed by atoms with E-state index in [0.717, 1.165) is 29.5 Å². The van der Waals surface area contributed by atoms with E-state index >= 15 is 0 Å². The number of pyridine rings is 1. The maximum absolute atomic E-state index is 9.44. The average molecular weight is 280 g/mol. The molecule has 1 atom stereocenters. The molecule has 0 aliphatic rings. The zero-order valence-corrected chi connectivity index (χ0v) is 12.2. The van der Waals surface area contributed by atoms with Crippen molar-refractivity contribution < 1.29 is 5.11 Å². The van der Waals surface area contributed by atoms with Crippen molar-refractivity contribution >= 4 is 17.4 Å². The molecule has 2 heterocycles. The normalized spacial score (nSPS) is 14.7. The summed E-state index contributed by atoms with van der Waals surface area (Å²) in [6.07, 6.45) is 2.84. The van der Waals surface area contributed by atoms with E-state index in [9.17, 15) is 5.11 Å². The summed E-state index contributed by atoms with van der Waals surface area (Å²) in [7, 11) is 0. The molecule has 1 unspecified atom stereocenters. The Morgan fingerprint density at radius 1 is 1.42 bits per heavy atom. The molecular formula is C13H20N4OS. The largest absolute Gasteiger partial charge is 0.394 e. The van der Waals surface area contributed by atoms with Crippen molar-refractivity contribution in [3.8, 4) is 0 Å². The van der Waals surface area contributed by atoms with Gasteiger partial charge in [-0.2, -0.15) is 0 Å². The summed E-state index contributed by atoms with van der Waals surface area (Å²) in [6, 6.07) is 5.86. The van der Waals surface area contributed by atoms with Crippen molar-refractivity contribution in [2.75, 3.05) is 18.9 Å². The molecular weight excluding hydrogens is 260 g/mol. The van der Waals surface area contributed by atoms with Gasteiger partial charge in [0.1, 0.15) is 0 Å². The van der Waals surface area contributed by atoms with Crippen LogP contribution in [0.2, 0.25) is 0 Å². The molecule has 0 amide bonds. The van der Waals surface area contributed by atoms with Gasteiger partial charge in [-0.15, -0.1) is 10.2 Å². The van der Waals surface area contributed by atoms with Crippen LogP contribution in [-0.2, 0) is 0 Å². The first-order valence-electron chi connectivity index (χ1n) is 6.47. The second-order valence-corrected chi connectivity index (χ2v) is 5.82. The molecule has 5 nitrogen and oxygen atoms in total. The fourth-order valence-electron chi connectivity index (χ4n) is 1.94. The molecule has 0 saturated heterocycles. The Hall–Kier alpha value is -1.11. The lowest BCUT2D eigenvalue weighted by Gasteiger charge is -2.27. The van der Waals surface area contributed by atoms with Crippen molar-refractivity contribution in [3.63, 3.8) is 0 Å². The molecule has 0 spiro atoms. The number of aliphatic hydroxyl groups excluding tert-OH is 1. The number of aliphatic hydroxyl groups is 1. The molecule has 2 N–H and O–H groups in total. The number of nitrogens with zero attached hydrogens (tertiary/aromatic N) is 3. The molecule has 19 heavy (non-hydrogen) atoms. The van der Waals surface area contributed by atoms with Crippen LogP contribution in [-0.4, -0.2) is 44.1 Å². The van der Waals surface area contributed by atoms with Crippen molar-refractivity contribution in [1.82, 2.24) is 19.9 Å². The lowest BCUT2D eigenvalue weighted by molar-refractivity contribution is 0.173. The fraction of sp³-hybridized carbons (Fsp3) is 0.538. The predicted octanol–water partition coefficient (Wildman–Crippen LogP) is 1.57. The molecule has 0 aliphatic heterocycles. The average Bonchev–Trinajstić information content (AvgIpc) is 2.83.